The highest BCUT2D eigenvalue weighted by atomic mass is 16.5. The van der Waals surface area contributed by atoms with Crippen LogP contribution in [0.2, 0.25) is 0 Å². The SMILES string of the molecule is COc1ccc(C(=O)N2CCc3oc(-c4ccc(NC(=O)c5ccc6ccccc6c5)cc4)cc3C2)cc1. The Morgan fingerprint density at radius 1 is 0.842 bits per heavy atom. The van der Waals surface area contributed by atoms with E-state index in [2.05, 4.69) is 5.32 Å². The molecule has 38 heavy (non-hydrogen) atoms. The van der Waals surface area contributed by atoms with Gasteiger partial charge in [0.2, 0.25) is 0 Å². The lowest BCUT2D eigenvalue weighted by Crippen LogP contribution is -2.35. The van der Waals surface area contributed by atoms with E-state index in [1.54, 1.807) is 31.4 Å². The Morgan fingerprint density at radius 3 is 2.34 bits per heavy atom. The fourth-order valence-electron chi connectivity index (χ4n) is 4.82. The molecule has 5 aromatic rings. The lowest BCUT2D eigenvalue weighted by atomic mass is 10.1. The predicted molar refractivity (Wildman–Crippen MR) is 147 cm³/mol. The van der Waals surface area contributed by atoms with Crippen molar-refractivity contribution in [1.82, 2.24) is 4.90 Å². The number of methoxy groups -OCH3 is 1. The van der Waals surface area contributed by atoms with Crippen LogP contribution in [0.1, 0.15) is 32.0 Å². The summed E-state index contributed by atoms with van der Waals surface area (Å²) in [4.78, 5) is 27.6. The number of nitrogens with one attached hydrogen (secondary N) is 1. The number of anilines is 1. The third-order valence-corrected chi connectivity index (χ3v) is 6.93. The summed E-state index contributed by atoms with van der Waals surface area (Å²) < 4.78 is 11.3. The number of furan rings is 1. The normalized spacial score (nSPS) is 12.7. The molecule has 2 heterocycles. The molecule has 1 aliphatic heterocycles. The molecule has 0 aliphatic carbocycles. The molecular formula is C32H26N2O4. The van der Waals surface area contributed by atoms with Gasteiger partial charge in [0.1, 0.15) is 17.3 Å². The molecule has 0 radical (unpaired) electrons. The van der Waals surface area contributed by atoms with Gasteiger partial charge in [-0.25, -0.2) is 0 Å². The molecule has 4 aromatic carbocycles. The molecule has 0 bridgehead atoms. The zero-order valence-electron chi connectivity index (χ0n) is 20.9. The first kappa shape index (κ1) is 23.6. The Bertz CT molecular complexity index is 1630. The number of benzene rings is 4. The zero-order chi connectivity index (χ0) is 26.1. The van der Waals surface area contributed by atoms with E-state index in [0.29, 0.717) is 36.3 Å². The summed E-state index contributed by atoms with van der Waals surface area (Å²) in [5, 5.41) is 5.10. The molecule has 6 rings (SSSR count). The number of fused-ring (bicyclic) bond motifs is 2. The van der Waals surface area contributed by atoms with E-state index in [9.17, 15) is 9.59 Å². The third kappa shape index (κ3) is 4.64. The van der Waals surface area contributed by atoms with E-state index in [1.165, 1.54) is 0 Å². The van der Waals surface area contributed by atoms with Crippen LogP contribution in [0.25, 0.3) is 22.1 Å². The van der Waals surface area contributed by atoms with Gasteiger partial charge in [0.05, 0.1) is 7.11 Å². The number of carbonyl (C=O) groups is 2. The van der Waals surface area contributed by atoms with Crippen LogP contribution in [-0.2, 0) is 13.0 Å². The van der Waals surface area contributed by atoms with Gasteiger partial charge in [0.15, 0.2) is 0 Å². The fraction of sp³-hybridized carbons (Fsp3) is 0.125. The zero-order valence-corrected chi connectivity index (χ0v) is 20.9. The van der Waals surface area contributed by atoms with Gasteiger partial charge in [-0.2, -0.15) is 0 Å². The van der Waals surface area contributed by atoms with Crippen LogP contribution in [-0.4, -0.2) is 30.4 Å². The average Bonchev–Trinajstić information content (AvgIpc) is 3.40. The number of rotatable bonds is 5. The Hall–Kier alpha value is -4.84. The molecule has 1 aliphatic rings. The highest BCUT2D eigenvalue weighted by Gasteiger charge is 2.25. The third-order valence-electron chi connectivity index (χ3n) is 6.93. The van der Waals surface area contributed by atoms with Crippen molar-refractivity contribution < 1.29 is 18.7 Å². The number of ether oxygens (including phenoxy) is 1. The summed E-state index contributed by atoms with van der Waals surface area (Å²) in [5.41, 5.74) is 3.89. The molecule has 0 atom stereocenters. The summed E-state index contributed by atoms with van der Waals surface area (Å²) in [6.07, 6.45) is 0.664. The van der Waals surface area contributed by atoms with E-state index < -0.39 is 0 Å². The molecule has 0 unspecified atom stereocenters. The van der Waals surface area contributed by atoms with Gasteiger partial charge in [-0.05, 0) is 77.5 Å². The van der Waals surface area contributed by atoms with Crippen molar-refractivity contribution in [1.29, 1.82) is 0 Å². The number of nitrogens with zero attached hydrogens (tertiary/aromatic N) is 1. The number of hydrogen-bond donors (Lipinski definition) is 1. The summed E-state index contributed by atoms with van der Waals surface area (Å²) in [6.45, 7) is 1.11. The Morgan fingerprint density at radius 2 is 1.58 bits per heavy atom. The van der Waals surface area contributed by atoms with Crippen molar-refractivity contribution in [3.8, 4) is 17.1 Å². The van der Waals surface area contributed by atoms with E-state index in [4.69, 9.17) is 9.15 Å². The topological polar surface area (TPSA) is 71.8 Å². The summed E-state index contributed by atoms with van der Waals surface area (Å²) >= 11 is 0. The smallest absolute Gasteiger partial charge is 0.255 e. The van der Waals surface area contributed by atoms with Crippen LogP contribution in [0.5, 0.6) is 5.75 Å². The predicted octanol–water partition coefficient (Wildman–Crippen LogP) is 6.56. The second-order valence-electron chi connectivity index (χ2n) is 9.36. The maximum absolute atomic E-state index is 13.0. The average molecular weight is 503 g/mol. The monoisotopic (exact) mass is 502 g/mol. The lowest BCUT2D eigenvalue weighted by Gasteiger charge is -2.26. The van der Waals surface area contributed by atoms with Crippen molar-refractivity contribution in [3.63, 3.8) is 0 Å². The summed E-state index contributed by atoms with van der Waals surface area (Å²) in [7, 11) is 1.61. The first-order valence-corrected chi connectivity index (χ1v) is 12.5. The highest BCUT2D eigenvalue weighted by molar-refractivity contribution is 6.06. The van der Waals surface area contributed by atoms with Crippen LogP contribution in [0, 0.1) is 0 Å². The number of carbonyl (C=O) groups excluding carboxylic acids is 2. The van der Waals surface area contributed by atoms with Crippen molar-refractivity contribution in [2.24, 2.45) is 0 Å². The van der Waals surface area contributed by atoms with Crippen molar-refractivity contribution in [2.75, 3.05) is 19.0 Å². The highest BCUT2D eigenvalue weighted by Crippen LogP contribution is 2.31. The molecule has 0 saturated carbocycles. The first-order chi connectivity index (χ1) is 18.6. The van der Waals surface area contributed by atoms with Crippen LogP contribution in [0.3, 0.4) is 0 Å². The Labute approximate surface area is 220 Å². The van der Waals surface area contributed by atoms with Gasteiger partial charge < -0.3 is 19.4 Å². The van der Waals surface area contributed by atoms with Gasteiger partial charge in [0, 0.05) is 47.5 Å². The largest absolute Gasteiger partial charge is 0.497 e. The van der Waals surface area contributed by atoms with Crippen molar-refractivity contribution >= 4 is 28.3 Å². The summed E-state index contributed by atoms with van der Waals surface area (Å²) in [5.74, 6) is 2.22. The molecule has 6 nitrogen and oxygen atoms in total. The molecule has 2 amide bonds. The number of hydrogen-bond acceptors (Lipinski definition) is 4. The van der Waals surface area contributed by atoms with E-state index in [-0.39, 0.29) is 11.8 Å². The molecule has 188 valence electrons. The standard InChI is InChI=1S/C32H26N2O4/c1-37-28-14-10-23(11-15-28)32(36)34-17-16-29-26(20-34)19-30(38-29)22-8-12-27(13-9-22)33-31(35)25-7-6-21-4-2-3-5-24(21)18-25/h2-15,18-19H,16-17,20H2,1H3,(H,33,35). The van der Waals surface area contributed by atoms with Gasteiger partial charge in [-0.3, -0.25) is 9.59 Å². The molecule has 6 heteroatoms. The van der Waals surface area contributed by atoms with Crippen LogP contribution >= 0.6 is 0 Å². The van der Waals surface area contributed by atoms with Gasteiger partial charge in [-0.15, -0.1) is 0 Å². The summed E-state index contributed by atoms with van der Waals surface area (Å²) in [6, 6.07) is 30.4. The van der Waals surface area contributed by atoms with Crippen LogP contribution < -0.4 is 10.1 Å². The van der Waals surface area contributed by atoms with Crippen molar-refractivity contribution in [3.05, 3.63) is 120 Å². The van der Waals surface area contributed by atoms with E-state index in [0.717, 1.165) is 39.2 Å². The Kier molecular flexibility index (Phi) is 6.14. The second kappa shape index (κ2) is 9.90. The minimum absolute atomic E-state index is 0.00689. The molecule has 0 fully saturated rings. The molecular weight excluding hydrogens is 476 g/mol. The van der Waals surface area contributed by atoms with E-state index >= 15 is 0 Å². The van der Waals surface area contributed by atoms with Gasteiger partial charge in [-0.1, -0.05) is 30.3 Å². The van der Waals surface area contributed by atoms with Crippen molar-refractivity contribution in [2.45, 2.75) is 13.0 Å². The minimum atomic E-state index is -0.154. The van der Waals surface area contributed by atoms with Crippen LogP contribution in [0.4, 0.5) is 5.69 Å². The number of amides is 2. The maximum Gasteiger partial charge on any atom is 0.255 e. The quantitative estimate of drug-likeness (QED) is 0.295. The van der Waals surface area contributed by atoms with Gasteiger partial charge >= 0.3 is 0 Å². The maximum atomic E-state index is 13.0. The van der Waals surface area contributed by atoms with Crippen LogP contribution in [0.15, 0.2) is 101 Å². The Balaban J connectivity index is 1.13. The second-order valence-corrected chi connectivity index (χ2v) is 9.36. The molecule has 0 spiro atoms. The lowest BCUT2D eigenvalue weighted by molar-refractivity contribution is 0.0730. The fourth-order valence-corrected chi connectivity index (χ4v) is 4.82. The first-order valence-electron chi connectivity index (χ1n) is 12.5. The minimum Gasteiger partial charge on any atom is -0.497 e. The molecule has 1 aromatic heterocycles. The molecule has 0 saturated heterocycles. The van der Waals surface area contributed by atoms with Gasteiger partial charge in [0.25, 0.3) is 11.8 Å². The van der Waals surface area contributed by atoms with E-state index in [1.807, 2.05) is 77.7 Å². The molecule has 1 N–H and O–H groups in total.